The van der Waals surface area contributed by atoms with Crippen molar-refractivity contribution in [3.05, 3.63) is 79.7 Å². The van der Waals surface area contributed by atoms with Gasteiger partial charge in [-0.15, -0.1) is 0 Å². The molecule has 3 heterocycles. The van der Waals surface area contributed by atoms with E-state index in [9.17, 15) is 9.59 Å². The van der Waals surface area contributed by atoms with E-state index in [2.05, 4.69) is 20.8 Å². The summed E-state index contributed by atoms with van der Waals surface area (Å²) >= 11 is 16.1. The number of morpholine rings is 1. The first kappa shape index (κ1) is 26.4. The van der Waals surface area contributed by atoms with E-state index in [1.807, 2.05) is 36.4 Å². The van der Waals surface area contributed by atoms with E-state index in [1.165, 1.54) is 7.11 Å². The topological polar surface area (TPSA) is 68.3 Å². The fraction of sp³-hybridized carbons (Fsp3) is 0.310. The summed E-state index contributed by atoms with van der Waals surface area (Å²) < 4.78 is 17.8. The fourth-order valence-electron chi connectivity index (χ4n) is 5.75. The van der Waals surface area contributed by atoms with Crippen molar-refractivity contribution in [2.75, 3.05) is 32.0 Å². The number of nitrogens with zero attached hydrogens (tertiary/aromatic N) is 2. The lowest BCUT2D eigenvalue weighted by Crippen LogP contribution is -2.46. The molecule has 0 aromatic heterocycles. The highest BCUT2D eigenvalue weighted by Gasteiger charge is 2.39. The van der Waals surface area contributed by atoms with Gasteiger partial charge in [0.05, 0.1) is 65.8 Å². The fourth-order valence-corrected chi connectivity index (χ4v) is 7.12. The van der Waals surface area contributed by atoms with Crippen molar-refractivity contribution >= 4 is 56.7 Å². The van der Waals surface area contributed by atoms with E-state index >= 15 is 0 Å². The van der Waals surface area contributed by atoms with Gasteiger partial charge in [0.25, 0.3) is 5.91 Å². The number of esters is 1. The minimum atomic E-state index is -0.367. The quantitative estimate of drug-likeness (QED) is 0.304. The molecule has 7 nitrogen and oxygen atoms in total. The van der Waals surface area contributed by atoms with Crippen LogP contribution in [0, 0.1) is 0 Å². The Morgan fingerprint density at radius 3 is 2.44 bits per heavy atom. The van der Waals surface area contributed by atoms with E-state index in [1.54, 1.807) is 17.0 Å². The van der Waals surface area contributed by atoms with Crippen molar-refractivity contribution in [3.8, 4) is 16.9 Å². The Morgan fingerprint density at radius 2 is 1.74 bits per heavy atom. The number of hydrogen-bond acceptors (Lipinski definition) is 6. The number of ether oxygens (including phenoxy) is 3. The van der Waals surface area contributed by atoms with Gasteiger partial charge in [-0.2, -0.15) is 0 Å². The van der Waals surface area contributed by atoms with Gasteiger partial charge in [-0.1, -0.05) is 63.4 Å². The van der Waals surface area contributed by atoms with E-state index < -0.39 is 0 Å². The van der Waals surface area contributed by atoms with E-state index in [0.717, 1.165) is 35.2 Å². The number of fused-ring (bicyclic) bond motifs is 3. The van der Waals surface area contributed by atoms with Crippen LogP contribution in [0.3, 0.4) is 0 Å². The van der Waals surface area contributed by atoms with Gasteiger partial charge >= 0.3 is 5.97 Å². The second kappa shape index (κ2) is 10.7. The lowest BCUT2D eigenvalue weighted by atomic mass is 9.97. The minimum absolute atomic E-state index is 0.0479. The van der Waals surface area contributed by atoms with Gasteiger partial charge in [-0.05, 0) is 42.7 Å². The van der Waals surface area contributed by atoms with Crippen LogP contribution in [0.4, 0.5) is 5.69 Å². The number of carbonyl (C=O) groups excluding carboxylic acids is 2. The molecule has 10 heteroatoms. The number of benzene rings is 3. The molecule has 6 rings (SSSR count). The predicted octanol–water partition coefficient (Wildman–Crippen LogP) is 6.57. The van der Waals surface area contributed by atoms with Crippen LogP contribution in [0.15, 0.2) is 53.0 Å². The molecule has 202 valence electrons. The van der Waals surface area contributed by atoms with Crippen LogP contribution in [0.1, 0.15) is 39.1 Å². The number of amides is 1. The van der Waals surface area contributed by atoms with Crippen molar-refractivity contribution in [1.82, 2.24) is 4.90 Å². The molecule has 3 aliphatic heterocycles. The van der Waals surface area contributed by atoms with Crippen LogP contribution in [0.2, 0.25) is 10.0 Å². The van der Waals surface area contributed by atoms with Crippen molar-refractivity contribution in [2.45, 2.75) is 31.5 Å². The number of halogens is 3. The summed E-state index contributed by atoms with van der Waals surface area (Å²) in [5, 5.41) is 0.545. The largest absolute Gasteiger partial charge is 0.472 e. The van der Waals surface area contributed by atoms with Crippen LogP contribution in [-0.4, -0.2) is 55.9 Å². The van der Waals surface area contributed by atoms with Gasteiger partial charge < -0.3 is 24.0 Å². The molecule has 2 atom stereocenters. The third kappa shape index (κ3) is 4.78. The Bertz CT molecular complexity index is 1440. The molecular weight excluding hydrogens is 607 g/mol. The molecule has 39 heavy (non-hydrogen) atoms. The monoisotopic (exact) mass is 630 g/mol. The first-order valence-electron chi connectivity index (χ1n) is 12.6. The molecule has 2 saturated heterocycles. The molecule has 0 aliphatic carbocycles. The van der Waals surface area contributed by atoms with E-state index in [-0.39, 0.29) is 46.3 Å². The first-order chi connectivity index (χ1) is 18.9. The molecule has 2 unspecified atom stereocenters. The number of anilines is 1. The predicted molar refractivity (Wildman–Crippen MR) is 153 cm³/mol. The van der Waals surface area contributed by atoms with Crippen LogP contribution < -0.4 is 9.64 Å². The number of rotatable bonds is 4. The van der Waals surface area contributed by atoms with Gasteiger partial charge in [0, 0.05) is 15.6 Å². The summed E-state index contributed by atoms with van der Waals surface area (Å²) in [6.45, 7) is 1.67. The van der Waals surface area contributed by atoms with Gasteiger partial charge in [-0.25, -0.2) is 4.79 Å². The Morgan fingerprint density at radius 1 is 1.03 bits per heavy atom. The zero-order valence-corrected chi connectivity index (χ0v) is 24.2. The molecule has 3 aromatic carbocycles. The van der Waals surface area contributed by atoms with Crippen molar-refractivity contribution < 1.29 is 23.8 Å². The Labute approximate surface area is 244 Å². The number of para-hydroxylation sites is 1. The van der Waals surface area contributed by atoms with Gasteiger partial charge in [0.1, 0.15) is 5.75 Å². The summed E-state index contributed by atoms with van der Waals surface area (Å²) in [5.74, 6) is 0.0329. The smallest absolute Gasteiger partial charge is 0.339 e. The molecule has 3 aromatic rings. The highest BCUT2D eigenvalue weighted by atomic mass is 79.9. The normalized spacial score (nSPS) is 19.9. The Kier molecular flexibility index (Phi) is 7.22. The zero-order chi connectivity index (χ0) is 27.3. The van der Waals surface area contributed by atoms with Crippen molar-refractivity contribution in [3.63, 3.8) is 0 Å². The van der Waals surface area contributed by atoms with Crippen molar-refractivity contribution in [2.24, 2.45) is 0 Å². The molecule has 2 bridgehead atoms. The van der Waals surface area contributed by atoms with Gasteiger partial charge in [-0.3, -0.25) is 4.79 Å². The highest BCUT2D eigenvalue weighted by Crippen LogP contribution is 2.42. The summed E-state index contributed by atoms with van der Waals surface area (Å²) in [4.78, 5) is 29.9. The number of methoxy groups -OCH3 is 1. The lowest BCUT2D eigenvalue weighted by molar-refractivity contribution is 0.0515. The molecule has 0 saturated carbocycles. The maximum absolute atomic E-state index is 13.3. The zero-order valence-electron chi connectivity index (χ0n) is 21.1. The van der Waals surface area contributed by atoms with Crippen LogP contribution in [0.25, 0.3) is 11.1 Å². The van der Waals surface area contributed by atoms with E-state index in [4.69, 9.17) is 37.4 Å². The molecule has 0 radical (unpaired) electrons. The lowest BCUT2D eigenvalue weighted by Gasteiger charge is -2.37. The first-order valence-corrected chi connectivity index (χ1v) is 14.2. The van der Waals surface area contributed by atoms with Crippen LogP contribution in [-0.2, 0) is 16.0 Å². The number of carbonyl (C=O) groups is 2. The second-order valence-electron chi connectivity index (χ2n) is 9.87. The summed E-state index contributed by atoms with van der Waals surface area (Å²) in [5.41, 5.74) is 4.29. The molecule has 3 aliphatic rings. The summed E-state index contributed by atoms with van der Waals surface area (Å²) in [6.07, 6.45) is 2.05. The minimum Gasteiger partial charge on any atom is -0.472 e. The van der Waals surface area contributed by atoms with E-state index in [0.29, 0.717) is 35.5 Å². The molecule has 2 fully saturated rings. The number of hydrogen-bond donors (Lipinski definition) is 0. The van der Waals surface area contributed by atoms with Crippen LogP contribution >= 0.6 is 39.1 Å². The molecule has 0 spiro atoms. The maximum Gasteiger partial charge on any atom is 0.339 e. The highest BCUT2D eigenvalue weighted by molar-refractivity contribution is 9.10. The van der Waals surface area contributed by atoms with Gasteiger partial charge in [0.15, 0.2) is 6.73 Å². The standard InChI is InChI=1S/C29H25BrCl2N2O5/c1-37-29(36)22-8-5-16(9-25(22)34-19-6-7-20(34)14-38-13-19)21-4-2-3-17-12-33(15-39-27(17)21)28(35)26-23(31)10-18(30)11-24(26)32/h2-5,8-11,19-20H,6-7,12-15H2,1H3. The average molecular weight is 632 g/mol. The maximum atomic E-state index is 13.3. The Hall–Kier alpha value is -2.78. The van der Waals surface area contributed by atoms with Gasteiger partial charge in [0.2, 0.25) is 0 Å². The third-order valence-corrected chi connectivity index (χ3v) is 8.62. The van der Waals surface area contributed by atoms with Crippen LogP contribution in [0.5, 0.6) is 5.75 Å². The average Bonchev–Trinajstić information content (AvgIpc) is 3.18. The molecule has 0 N–H and O–H groups in total. The second-order valence-corrected chi connectivity index (χ2v) is 11.6. The van der Waals surface area contributed by atoms with Crippen molar-refractivity contribution in [1.29, 1.82) is 0 Å². The SMILES string of the molecule is COC(=O)c1ccc(-c2cccc3c2OCN(C(=O)c2c(Cl)cc(Br)cc2Cl)C3)cc1N1C2CCC1COC2. The third-order valence-electron chi connectivity index (χ3n) is 7.56. The molecule has 1 amide bonds. The summed E-state index contributed by atoms with van der Waals surface area (Å²) in [6, 6.07) is 15.4. The molecular formula is C29H25BrCl2N2O5. The Balaban J connectivity index is 1.34. The summed E-state index contributed by atoms with van der Waals surface area (Å²) in [7, 11) is 1.40.